The number of aliphatic carboxylic acids is 1. The van der Waals surface area contributed by atoms with E-state index in [4.69, 9.17) is 0 Å². The highest BCUT2D eigenvalue weighted by molar-refractivity contribution is 5.85. The van der Waals surface area contributed by atoms with E-state index in [-0.39, 0.29) is 50.7 Å². The lowest BCUT2D eigenvalue weighted by molar-refractivity contribution is -0.155. The lowest BCUT2D eigenvalue weighted by Crippen LogP contribution is -2.61. The maximum absolute atomic E-state index is 12.7. The van der Waals surface area contributed by atoms with E-state index in [1.807, 2.05) is 0 Å². The van der Waals surface area contributed by atoms with Gasteiger partial charge in [-0.1, -0.05) is 6.07 Å². The number of nitrogens with one attached hydrogen (secondary N) is 2. The molecule has 1 aromatic heterocycles. The fraction of sp³-hybridized carbons (Fsp3) is 0.654. The molecule has 0 radical (unpaired) electrons. The first-order valence-corrected chi connectivity index (χ1v) is 13.1. The fourth-order valence-electron chi connectivity index (χ4n) is 4.77. The van der Waals surface area contributed by atoms with Crippen LogP contribution in [-0.4, -0.2) is 93.6 Å². The van der Waals surface area contributed by atoms with Crippen molar-refractivity contribution in [1.82, 2.24) is 20.1 Å². The number of piperidine rings is 1. The molecule has 2 aliphatic heterocycles. The molecule has 0 bridgehead atoms. The van der Waals surface area contributed by atoms with Gasteiger partial charge in [0.15, 0.2) is 6.04 Å². The predicted molar refractivity (Wildman–Crippen MR) is 137 cm³/mol. The largest absolute Gasteiger partial charge is 0.480 e. The molecule has 3 rings (SSSR count). The molecule has 0 aromatic carbocycles. The number of aromatic nitrogens is 1. The van der Waals surface area contributed by atoms with Crippen molar-refractivity contribution in [1.29, 1.82) is 0 Å². The van der Waals surface area contributed by atoms with E-state index in [9.17, 15) is 29.4 Å². The molecule has 1 aromatic rings. The third-order valence-electron chi connectivity index (χ3n) is 7.31. The van der Waals surface area contributed by atoms with Gasteiger partial charge in [-0.15, -0.1) is 0 Å². The highest BCUT2D eigenvalue weighted by atomic mass is 16.4. The number of nitrogens with zero attached hydrogens (tertiary/aromatic N) is 3. The summed E-state index contributed by atoms with van der Waals surface area (Å²) in [7, 11) is 1.55. The number of amides is 3. The van der Waals surface area contributed by atoms with Crippen LogP contribution >= 0.6 is 0 Å². The molecular weight excluding hydrogens is 478 g/mol. The SMILES string of the molecule is CC(=O)N(C)CCC(=O)NC(C(=O)O)C1(O)CCN(C(=O)CCCCc2ccc3c(n2)NCCC3)CC1. The zero-order valence-corrected chi connectivity index (χ0v) is 21.8. The van der Waals surface area contributed by atoms with Gasteiger partial charge in [-0.25, -0.2) is 9.78 Å². The topological polar surface area (TPSA) is 152 Å². The van der Waals surface area contributed by atoms with Gasteiger partial charge in [0.1, 0.15) is 5.82 Å². The number of fused-ring (bicyclic) bond motifs is 1. The van der Waals surface area contributed by atoms with Crippen LogP contribution in [0.5, 0.6) is 0 Å². The molecule has 11 nitrogen and oxygen atoms in total. The molecule has 1 atom stereocenters. The summed E-state index contributed by atoms with van der Waals surface area (Å²) in [6, 6.07) is 2.69. The molecule has 1 saturated heterocycles. The summed E-state index contributed by atoms with van der Waals surface area (Å²) in [6.45, 7) is 2.91. The minimum Gasteiger partial charge on any atom is -0.480 e. The summed E-state index contributed by atoms with van der Waals surface area (Å²) < 4.78 is 0. The van der Waals surface area contributed by atoms with Crippen LogP contribution < -0.4 is 10.6 Å². The lowest BCUT2D eigenvalue weighted by atomic mass is 9.83. The number of hydrogen-bond donors (Lipinski definition) is 4. The zero-order valence-electron chi connectivity index (χ0n) is 21.8. The van der Waals surface area contributed by atoms with Crippen molar-refractivity contribution >= 4 is 29.5 Å². The van der Waals surface area contributed by atoms with Crippen molar-refractivity contribution in [3.8, 4) is 0 Å². The molecular formula is C26H39N5O6. The van der Waals surface area contributed by atoms with Crippen LogP contribution in [0.3, 0.4) is 0 Å². The van der Waals surface area contributed by atoms with Gasteiger partial charge in [0.05, 0.1) is 5.60 Å². The number of aryl methyl sites for hydroxylation is 2. The third kappa shape index (κ3) is 7.88. The first kappa shape index (κ1) is 28.4. The summed E-state index contributed by atoms with van der Waals surface area (Å²) in [4.78, 5) is 55.8. The first-order chi connectivity index (χ1) is 17.6. The molecule has 11 heteroatoms. The number of carbonyl (C=O) groups excluding carboxylic acids is 3. The Balaban J connectivity index is 1.42. The normalized spacial score (nSPS) is 17.2. The second kappa shape index (κ2) is 12.8. The highest BCUT2D eigenvalue weighted by Gasteiger charge is 2.45. The number of anilines is 1. The van der Waals surface area contributed by atoms with Crippen LogP contribution in [0.4, 0.5) is 5.82 Å². The molecule has 0 aliphatic carbocycles. The first-order valence-electron chi connectivity index (χ1n) is 13.1. The number of pyridine rings is 1. The molecule has 37 heavy (non-hydrogen) atoms. The van der Waals surface area contributed by atoms with Crippen LogP contribution in [0.25, 0.3) is 0 Å². The Bertz CT molecular complexity index is 992. The van der Waals surface area contributed by atoms with Gasteiger partial charge in [0, 0.05) is 58.7 Å². The van der Waals surface area contributed by atoms with E-state index < -0.39 is 23.5 Å². The fourth-order valence-corrected chi connectivity index (χ4v) is 4.77. The minimum absolute atomic E-state index is 0.0229. The summed E-state index contributed by atoms with van der Waals surface area (Å²) >= 11 is 0. The Kier molecular flexibility index (Phi) is 9.85. The van der Waals surface area contributed by atoms with Crippen LogP contribution in [-0.2, 0) is 32.0 Å². The Morgan fingerprint density at radius 3 is 2.59 bits per heavy atom. The van der Waals surface area contributed by atoms with Crippen molar-refractivity contribution in [2.24, 2.45) is 0 Å². The van der Waals surface area contributed by atoms with E-state index in [0.29, 0.717) is 12.8 Å². The molecule has 1 unspecified atom stereocenters. The Morgan fingerprint density at radius 1 is 1.19 bits per heavy atom. The van der Waals surface area contributed by atoms with Gasteiger partial charge in [0.25, 0.3) is 0 Å². The zero-order chi connectivity index (χ0) is 27.0. The summed E-state index contributed by atoms with van der Waals surface area (Å²) in [5.74, 6) is -1.14. The van der Waals surface area contributed by atoms with Crippen LogP contribution in [0.2, 0.25) is 0 Å². The van der Waals surface area contributed by atoms with Gasteiger partial charge in [-0.2, -0.15) is 0 Å². The third-order valence-corrected chi connectivity index (χ3v) is 7.31. The maximum atomic E-state index is 12.7. The number of carboxylic acids is 1. The Hall–Kier alpha value is -3.21. The maximum Gasteiger partial charge on any atom is 0.329 e. The molecule has 3 amide bonds. The number of hydrogen-bond acceptors (Lipinski definition) is 7. The van der Waals surface area contributed by atoms with E-state index in [0.717, 1.165) is 43.7 Å². The molecule has 3 heterocycles. The van der Waals surface area contributed by atoms with E-state index in [1.54, 1.807) is 11.9 Å². The summed E-state index contributed by atoms with van der Waals surface area (Å²) in [6.07, 6.45) is 4.93. The van der Waals surface area contributed by atoms with Gasteiger partial charge in [-0.3, -0.25) is 14.4 Å². The quantitative estimate of drug-likeness (QED) is 0.317. The molecule has 0 saturated carbocycles. The average molecular weight is 518 g/mol. The number of aliphatic hydroxyl groups is 1. The van der Waals surface area contributed by atoms with Crippen molar-refractivity contribution in [2.75, 3.05) is 38.5 Å². The molecule has 0 spiro atoms. The Morgan fingerprint density at radius 2 is 1.92 bits per heavy atom. The number of rotatable bonds is 11. The smallest absolute Gasteiger partial charge is 0.329 e. The van der Waals surface area contributed by atoms with Gasteiger partial charge in [0.2, 0.25) is 17.7 Å². The monoisotopic (exact) mass is 517 g/mol. The van der Waals surface area contributed by atoms with Crippen LogP contribution in [0.15, 0.2) is 12.1 Å². The van der Waals surface area contributed by atoms with Crippen molar-refractivity contribution in [3.05, 3.63) is 23.4 Å². The average Bonchev–Trinajstić information content (AvgIpc) is 2.88. The predicted octanol–water partition coefficient (Wildman–Crippen LogP) is 0.944. The number of carbonyl (C=O) groups is 4. The van der Waals surface area contributed by atoms with Crippen molar-refractivity contribution < 1.29 is 29.4 Å². The minimum atomic E-state index is -1.66. The van der Waals surface area contributed by atoms with E-state index >= 15 is 0 Å². The van der Waals surface area contributed by atoms with Crippen molar-refractivity contribution in [2.45, 2.75) is 76.4 Å². The lowest BCUT2D eigenvalue weighted by Gasteiger charge is -2.41. The number of likely N-dealkylation sites (tertiary alicyclic amines) is 1. The van der Waals surface area contributed by atoms with Crippen molar-refractivity contribution in [3.63, 3.8) is 0 Å². The molecule has 1 fully saturated rings. The van der Waals surface area contributed by atoms with Crippen LogP contribution in [0, 0.1) is 0 Å². The molecule has 204 valence electrons. The van der Waals surface area contributed by atoms with Gasteiger partial charge in [-0.05, 0) is 56.6 Å². The van der Waals surface area contributed by atoms with Gasteiger partial charge >= 0.3 is 5.97 Å². The van der Waals surface area contributed by atoms with E-state index in [1.165, 1.54) is 17.4 Å². The Labute approximate surface area is 217 Å². The highest BCUT2D eigenvalue weighted by Crippen LogP contribution is 2.27. The summed E-state index contributed by atoms with van der Waals surface area (Å²) in [5.41, 5.74) is 0.607. The second-order valence-corrected chi connectivity index (χ2v) is 10.1. The standard InChI is InChI=1S/C26H39N5O6/c1-18(32)30(2)15-11-21(33)29-23(25(35)36)26(37)12-16-31(17-13-26)22(34)8-4-3-7-20-10-9-19-6-5-14-27-24(19)28-20/h9-10,23,37H,3-8,11-17H2,1-2H3,(H,27,28)(H,29,33)(H,35,36). The van der Waals surface area contributed by atoms with Gasteiger partial charge < -0.3 is 30.6 Å². The number of unbranched alkanes of at least 4 members (excludes halogenated alkanes) is 1. The molecule has 2 aliphatic rings. The molecule has 4 N–H and O–H groups in total. The second-order valence-electron chi connectivity index (χ2n) is 10.1. The number of carboxylic acid groups (broad SMARTS) is 1. The van der Waals surface area contributed by atoms with Crippen LogP contribution in [0.1, 0.15) is 63.1 Å². The van der Waals surface area contributed by atoms with E-state index in [2.05, 4.69) is 27.8 Å². The summed E-state index contributed by atoms with van der Waals surface area (Å²) in [5, 5.41) is 26.4.